The Morgan fingerprint density at radius 3 is 1.40 bits per heavy atom. The molecule has 1 aliphatic heterocycles. The highest BCUT2D eigenvalue weighted by Gasteiger charge is 2.47. The molecule has 1 rings (SSSR count). The maximum atomic E-state index is 12.8. The summed E-state index contributed by atoms with van der Waals surface area (Å²) in [5.74, 6) is -1.04. The average molecular weight is 811 g/mol. The van der Waals surface area contributed by atoms with Crippen molar-refractivity contribution in [3.8, 4) is 0 Å². The Hall–Kier alpha value is -1.15. The van der Waals surface area contributed by atoms with Crippen molar-refractivity contribution in [1.29, 1.82) is 0 Å². The van der Waals surface area contributed by atoms with Gasteiger partial charge in [0, 0.05) is 12.8 Å². The largest absolute Gasteiger partial charge is 0.474 e. The number of carbonyl (C=O) groups excluding carboxylic acids is 2. The highest BCUT2D eigenvalue weighted by Crippen LogP contribution is 2.46. The van der Waals surface area contributed by atoms with Crippen LogP contribution in [0, 0.1) is 0 Å². The van der Waals surface area contributed by atoms with Gasteiger partial charge in [-0.25, -0.2) is 4.57 Å². The van der Waals surface area contributed by atoms with Crippen molar-refractivity contribution < 1.29 is 62.7 Å². The lowest BCUT2D eigenvalue weighted by atomic mass is 10.00. The summed E-state index contributed by atoms with van der Waals surface area (Å²) in [6.07, 6.45) is 20.8. The van der Waals surface area contributed by atoms with Crippen LogP contribution in [-0.4, -0.2) is 93.9 Å². The molecule has 1 saturated heterocycles. The third kappa shape index (κ3) is 27.2. The van der Waals surface area contributed by atoms with E-state index in [0.717, 1.165) is 38.5 Å². The first kappa shape index (κ1) is 51.9. The number of rotatable bonds is 37. The number of hydrogen-bond acceptors (Lipinski definition) is 12. The molecule has 1 fully saturated rings. The van der Waals surface area contributed by atoms with Crippen molar-refractivity contribution in [2.75, 3.05) is 19.8 Å². The molecule has 0 aromatic rings. The zero-order valence-electron chi connectivity index (χ0n) is 34.3. The molecule has 0 radical (unpaired) electrons. The fraction of sp³-hybridized carbons (Fsp3) is 0.951. The Morgan fingerprint density at radius 2 is 0.982 bits per heavy atom. The third-order valence-corrected chi connectivity index (χ3v) is 11.2. The molecule has 1 aliphatic rings. The summed E-state index contributed by atoms with van der Waals surface area (Å²) in [6.45, 7) is 2.62. The van der Waals surface area contributed by atoms with Gasteiger partial charge >= 0.3 is 19.8 Å². The lowest BCUT2D eigenvalue weighted by Crippen LogP contribution is -2.58. The van der Waals surface area contributed by atoms with Crippen LogP contribution in [0.3, 0.4) is 0 Å². The number of ether oxygens (including phenoxy) is 3. The number of carbonyl (C=O) groups is 2. The minimum absolute atomic E-state index is 0.124. The maximum Gasteiger partial charge on any atom is 0.474 e. The van der Waals surface area contributed by atoms with Crippen LogP contribution in [0.5, 0.6) is 0 Å². The molecule has 0 saturated carbocycles. The number of unbranched alkanes of at least 4 members (excludes halogenated alkanes) is 24. The van der Waals surface area contributed by atoms with Crippen LogP contribution in [0.4, 0.5) is 0 Å². The Balaban J connectivity index is 2.47. The van der Waals surface area contributed by atoms with Crippen LogP contribution in [0.25, 0.3) is 0 Å². The topological polar surface area (TPSA) is 199 Å². The van der Waals surface area contributed by atoms with E-state index in [2.05, 4.69) is 13.8 Å². The van der Waals surface area contributed by atoms with Crippen molar-refractivity contribution >= 4 is 19.8 Å². The number of esters is 2. The van der Waals surface area contributed by atoms with Crippen LogP contribution in [0.15, 0.2) is 0 Å². The first-order valence-corrected chi connectivity index (χ1v) is 23.4. The van der Waals surface area contributed by atoms with Gasteiger partial charge in [-0.3, -0.25) is 18.6 Å². The van der Waals surface area contributed by atoms with Crippen molar-refractivity contribution in [1.82, 2.24) is 0 Å². The summed E-state index contributed by atoms with van der Waals surface area (Å²) >= 11 is 0. The minimum Gasteiger partial charge on any atom is -0.462 e. The summed E-state index contributed by atoms with van der Waals surface area (Å²) in [6, 6.07) is 0. The quantitative estimate of drug-likeness (QED) is 0.0228. The Kier molecular flexibility index (Phi) is 31.9. The van der Waals surface area contributed by atoms with Gasteiger partial charge in [0.05, 0.1) is 13.2 Å². The normalized spacial score (nSPS) is 21.6. The van der Waals surface area contributed by atoms with Gasteiger partial charge in [0.25, 0.3) is 0 Å². The second kappa shape index (κ2) is 33.8. The van der Waals surface area contributed by atoms with Gasteiger partial charge in [0.15, 0.2) is 12.4 Å². The molecule has 1 unspecified atom stereocenters. The second-order valence-electron chi connectivity index (χ2n) is 15.3. The smallest absolute Gasteiger partial charge is 0.462 e. The van der Waals surface area contributed by atoms with Crippen molar-refractivity contribution in [3.05, 3.63) is 0 Å². The number of aliphatic hydroxyl groups excluding tert-OH is 4. The number of phosphoric acid groups is 1. The monoisotopic (exact) mass is 811 g/mol. The SMILES string of the molecule is CCCCCCCCCCCCCCCC(=O)OC[C@H](COP(=O)(O)O[C@@H]1O[C@H](CO)[C@H](O)[C@H](O)[C@H]1O)OC(=O)CCCCCCCCCCCCCCC. The summed E-state index contributed by atoms with van der Waals surface area (Å²) in [5.41, 5.74) is 0. The standard InChI is InChI=1S/C41H79O13P/c1-3-5-7-9-11-13-15-17-19-21-23-25-27-29-36(43)50-32-34(33-51-55(48,49)54-41-40(47)39(46)38(45)35(31-42)53-41)52-37(44)30-28-26-24-22-20-18-16-14-12-10-8-6-4-2/h34-35,38-42,45-47H,3-33H2,1-2H3,(H,48,49)/t34-,35-,38+,39+,40-,41+/m1/s1. The second-order valence-corrected chi connectivity index (χ2v) is 16.8. The predicted octanol–water partition coefficient (Wildman–Crippen LogP) is 8.34. The van der Waals surface area contributed by atoms with Gasteiger partial charge in [-0.1, -0.05) is 168 Å². The summed E-state index contributed by atoms with van der Waals surface area (Å²) in [7, 11) is -5.01. The molecule has 14 heteroatoms. The highest BCUT2D eigenvalue weighted by molar-refractivity contribution is 7.47. The molecule has 55 heavy (non-hydrogen) atoms. The van der Waals surface area contributed by atoms with Crippen molar-refractivity contribution in [2.45, 2.75) is 230 Å². The summed E-state index contributed by atoms with van der Waals surface area (Å²) in [5, 5.41) is 39.5. The molecule has 0 aromatic heterocycles. The molecule has 0 aromatic carbocycles. The van der Waals surface area contributed by atoms with Crippen molar-refractivity contribution in [3.63, 3.8) is 0 Å². The maximum absolute atomic E-state index is 12.8. The fourth-order valence-electron chi connectivity index (χ4n) is 6.69. The molecular formula is C41H79O13P. The van der Waals surface area contributed by atoms with Gasteiger partial charge in [0.1, 0.15) is 31.0 Å². The first-order valence-electron chi connectivity index (χ1n) is 21.9. The Morgan fingerprint density at radius 1 is 0.582 bits per heavy atom. The minimum atomic E-state index is -5.01. The molecule has 0 spiro atoms. The lowest BCUT2D eigenvalue weighted by molar-refractivity contribution is -0.281. The molecule has 0 bridgehead atoms. The molecule has 7 atom stereocenters. The molecule has 1 heterocycles. The zero-order valence-corrected chi connectivity index (χ0v) is 35.2. The number of hydrogen-bond donors (Lipinski definition) is 5. The van der Waals surface area contributed by atoms with Gasteiger partial charge in [0.2, 0.25) is 0 Å². The van der Waals surface area contributed by atoms with E-state index in [1.54, 1.807) is 0 Å². The molecule has 0 amide bonds. The number of aliphatic hydroxyl groups is 4. The molecule has 5 N–H and O–H groups in total. The van der Waals surface area contributed by atoms with Gasteiger partial charge < -0.3 is 39.5 Å². The van der Waals surface area contributed by atoms with Crippen LogP contribution in [0.1, 0.15) is 194 Å². The molecule has 0 aliphatic carbocycles. The van der Waals surface area contributed by atoms with E-state index in [1.165, 1.54) is 116 Å². The summed E-state index contributed by atoms with van der Waals surface area (Å²) in [4.78, 5) is 35.6. The van der Waals surface area contributed by atoms with Crippen LogP contribution < -0.4 is 0 Å². The van der Waals surface area contributed by atoms with Crippen LogP contribution in [0.2, 0.25) is 0 Å². The van der Waals surface area contributed by atoms with Gasteiger partial charge in [-0.15, -0.1) is 0 Å². The predicted molar refractivity (Wildman–Crippen MR) is 212 cm³/mol. The first-order chi connectivity index (χ1) is 26.5. The van der Waals surface area contributed by atoms with Crippen LogP contribution >= 0.6 is 7.82 Å². The average Bonchev–Trinajstić information content (AvgIpc) is 3.16. The Labute approximate surface area is 332 Å². The van der Waals surface area contributed by atoms with Crippen LogP contribution in [-0.2, 0) is 37.4 Å². The molecular weight excluding hydrogens is 731 g/mol. The Bertz CT molecular complexity index is 984. The summed E-state index contributed by atoms with van der Waals surface area (Å²) < 4.78 is 38.7. The number of phosphoric ester groups is 1. The van der Waals surface area contributed by atoms with E-state index < -0.39 is 76.4 Å². The highest BCUT2D eigenvalue weighted by atomic mass is 31.2. The molecule has 13 nitrogen and oxygen atoms in total. The fourth-order valence-corrected chi connectivity index (χ4v) is 7.54. The zero-order chi connectivity index (χ0) is 40.6. The van der Waals surface area contributed by atoms with Gasteiger partial charge in [-0.05, 0) is 12.8 Å². The van der Waals surface area contributed by atoms with Gasteiger partial charge in [-0.2, -0.15) is 0 Å². The third-order valence-electron chi connectivity index (χ3n) is 10.2. The van der Waals surface area contributed by atoms with E-state index in [-0.39, 0.29) is 12.8 Å². The van der Waals surface area contributed by atoms with E-state index in [0.29, 0.717) is 12.8 Å². The van der Waals surface area contributed by atoms with E-state index in [1.807, 2.05) is 0 Å². The van der Waals surface area contributed by atoms with Crippen molar-refractivity contribution in [2.24, 2.45) is 0 Å². The molecule has 326 valence electrons. The van der Waals surface area contributed by atoms with E-state index in [4.69, 9.17) is 23.3 Å². The van der Waals surface area contributed by atoms with E-state index >= 15 is 0 Å². The van der Waals surface area contributed by atoms with E-state index in [9.17, 15) is 39.5 Å². The lowest BCUT2D eigenvalue weighted by Gasteiger charge is -2.39.